The van der Waals surface area contributed by atoms with E-state index in [-0.39, 0.29) is 6.54 Å². The molecule has 2 aromatic carbocycles. The van der Waals surface area contributed by atoms with Gasteiger partial charge in [-0.1, -0.05) is 47.5 Å². The first-order chi connectivity index (χ1) is 16.3. The fraction of sp³-hybridized carbons (Fsp3) is 0.208. The van der Waals surface area contributed by atoms with Crippen LogP contribution in [0.2, 0.25) is 10.0 Å². The van der Waals surface area contributed by atoms with Gasteiger partial charge in [-0.2, -0.15) is 4.98 Å². The van der Waals surface area contributed by atoms with Gasteiger partial charge in [0.1, 0.15) is 0 Å². The van der Waals surface area contributed by atoms with E-state index in [1.165, 1.54) is 22.6 Å². The molecule has 0 atom stereocenters. The zero-order chi connectivity index (χ0) is 24.0. The fourth-order valence-corrected chi connectivity index (χ4v) is 4.67. The molecule has 34 heavy (non-hydrogen) atoms. The number of hydrogen-bond acceptors (Lipinski definition) is 4. The Morgan fingerprint density at radius 3 is 2.62 bits per heavy atom. The van der Waals surface area contributed by atoms with Crippen molar-refractivity contribution >= 4 is 51.2 Å². The number of aromatic amines is 1. The van der Waals surface area contributed by atoms with Crippen molar-refractivity contribution in [2.45, 2.75) is 13.0 Å². The average molecular weight is 497 g/mol. The first kappa shape index (κ1) is 22.3. The summed E-state index contributed by atoms with van der Waals surface area (Å²) in [6.07, 6.45) is 2.74. The van der Waals surface area contributed by atoms with E-state index in [1.807, 2.05) is 30.5 Å². The van der Waals surface area contributed by atoms with Gasteiger partial charge in [0, 0.05) is 47.8 Å². The Balaban J connectivity index is 1.55. The van der Waals surface area contributed by atoms with Gasteiger partial charge in [0.2, 0.25) is 5.95 Å². The Bertz CT molecular complexity index is 1660. The molecule has 0 saturated carbocycles. The predicted molar refractivity (Wildman–Crippen MR) is 136 cm³/mol. The molecule has 174 valence electrons. The van der Waals surface area contributed by atoms with Crippen molar-refractivity contribution in [3.05, 3.63) is 90.7 Å². The van der Waals surface area contributed by atoms with Crippen LogP contribution in [-0.4, -0.2) is 30.2 Å². The molecule has 5 rings (SSSR count). The number of para-hydroxylation sites is 1. The molecule has 3 heterocycles. The molecular weight excluding hydrogens is 475 g/mol. The zero-order valence-electron chi connectivity index (χ0n) is 18.6. The minimum atomic E-state index is -0.433. The summed E-state index contributed by atoms with van der Waals surface area (Å²) in [6, 6.07) is 13.4. The second-order valence-electron chi connectivity index (χ2n) is 8.17. The molecule has 0 radical (unpaired) electrons. The standard InChI is InChI=1S/C24H22Cl2N6O2/c1-30-21-20(22(33)31(2)24(30)34)32(13-15-7-8-16(25)11-18(15)26)23(29-21)27-10-9-14-12-28-19-6-4-3-5-17(14)19/h3-8,11-12,28H,9-10,13H2,1-2H3,(H,27,29). The molecule has 10 heteroatoms. The molecule has 2 N–H and O–H groups in total. The monoisotopic (exact) mass is 496 g/mol. The maximum absolute atomic E-state index is 13.1. The topological polar surface area (TPSA) is 89.6 Å². The van der Waals surface area contributed by atoms with Gasteiger partial charge in [-0.25, -0.2) is 4.79 Å². The molecule has 0 aliphatic rings. The molecule has 0 amide bonds. The van der Waals surface area contributed by atoms with Crippen LogP contribution in [-0.2, 0) is 27.1 Å². The lowest BCUT2D eigenvalue weighted by molar-refractivity contribution is 0.702. The lowest BCUT2D eigenvalue weighted by Gasteiger charge is -2.12. The second kappa shape index (κ2) is 8.70. The minimum absolute atomic E-state index is 0.287. The van der Waals surface area contributed by atoms with Gasteiger partial charge in [-0.3, -0.25) is 18.5 Å². The number of nitrogens with one attached hydrogen (secondary N) is 2. The van der Waals surface area contributed by atoms with Crippen LogP contribution in [0.15, 0.2) is 58.3 Å². The number of aromatic nitrogens is 5. The summed E-state index contributed by atoms with van der Waals surface area (Å²) < 4.78 is 4.22. The third-order valence-corrected chi connectivity index (χ3v) is 6.63. The number of benzene rings is 2. The number of halogens is 2. The summed E-state index contributed by atoms with van der Waals surface area (Å²) >= 11 is 12.5. The first-order valence-electron chi connectivity index (χ1n) is 10.7. The van der Waals surface area contributed by atoms with Crippen LogP contribution in [0.3, 0.4) is 0 Å². The van der Waals surface area contributed by atoms with Crippen LogP contribution in [0.25, 0.3) is 22.1 Å². The summed E-state index contributed by atoms with van der Waals surface area (Å²) in [7, 11) is 3.06. The third-order valence-electron chi connectivity index (χ3n) is 6.04. The van der Waals surface area contributed by atoms with Crippen LogP contribution >= 0.6 is 23.2 Å². The summed E-state index contributed by atoms with van der Waals surface area (Å²) in [5, 5.41) is 5.54. The molecule has 0 unspecified atom stereocenters. The number of H-pyrrole nitrogens is 1. The maximum Gasteiger partial charge on any atom is 0.332 e. The molecule has 5 aromatic rings. The van der Waals surface area contributed by atoms with Crippen molar-refractivity contribution in [1.29, 1.82) is 0 Å². The van der Waals surface area contributed by atoms with Crippen molar-refractivity contribution in [3.8, 4) is 0 Å². The van der Waals surface area contributed by atoms with Crippen LogP contribution in [0, 0.1) is 0 Å². The van der Waals surface area contributed by atoms with E-state index in [9.17, 15) is 9.59 Å². The van der Waals surface area contributed by atoms with Crippen LogP contribution < -0.4 is 16.6 Å². The Kier molecular flexibility index (Phi) is 5.71. The number of rotatable bonds is 6. The molecule has 0 aliphatic heterocycles. The van der Waals surface area contributed by atoms with Crippen molar-refractivity contribution in [3.63, 3.8) is 0 Å². The Morgan fingerprint density at radius 2 is 1.82 bits per heavy atom. The van der Waals surface area contributed by atoms with Crippen molar-refractivity contribution in [2.24, 2.45) is 14.1 Å². The maximum atomic E-state index is 13.1. The summed E-state index contributed by atoms with van der Waals surface area (Å²) in [4.78, 5) is 33.5. The van der Waals surface area contributed by atoms with E-state index in [1.54, 1.807) is 23.7 Å². The average Bonchev–Trinajstić information content (AvgIpc) is 3.40. The highest BCUT2D eigenvalue weighted by atomic mass is 35.5. The highest BCUT2D eigenvalue weighted by Crippen LogP contribution is 2.25. The molecular formula is C24H22Cl2N6O2. The highest BCUT2D eigenvalue weighted by molar-refractivity contribution is 6.35. The second-order valence-corrected chi connectivity index (χ2v) is 9.02. The number of nitrogens with zero attached hydrogens (tertiary/aromatic N) is 4. The quantitative estimate of drug-likeness (QED) is 0.372. The largest absolute Gasteiger partial charge is 0.361 e. The Labute approximate surface area is 204 Å². The first-order valence-corrected chi connectivity index (χ1v) is 11.5. The molecule has 0 spiro atoms. The van der Waals surface area contributed by atoms with E-state index in [0.717, 1.165) is 22.1 Å². The van der Waals surface area contributed by atoms with Gasteiger partial charge in [-0.05, 0) is 35.7 Å². The van der Waals surface area contributed by atoms with Gasteiger partial charge < -0.3 is 10.3 Å². The molecule has 0 saturated heterocycles. The van der Waals surface area contributed by atoms with Crippen molar-refractivity contribution < 1.29 is 0 Å². The predicted octanol–water partition coefficient (Wildman–Crippen LogP) is 3.92. The van der Waals surface area contributed by atoms with E-state index in [0.29, 0.717) is 33.7 Å². The normalized spacial score (nSPS) is 11.5. The number of aryl methyl sites for hydroxylation is 1. The molecule has 3 aromatic heterocycles. The molecule has 8 nitrogen and oxygen atoms in total. The number of hydrogen-bond donors (Lipinski definition) is 2. The van der Waals surface area contributed by atoms with Gasteiger partial charge in [0.05, 0.1) is 6.54 Å². The van der Waals surface area contributed by atoms with Gasteiger partial charge in [0.15, 0.2) is 11.2 Å². The minimum Gasteiger partial charge on any atom is -0.361 e. The highest BCUT2D eigenvalue weighted by Gasteiger charge is 2.20. The van der Waals surface area contributed by atoms with Gasteiger partial charge in [0.25, 0.3) is 5.56 Å². The van der Waals surface area contributed by atoms with Crippen LogP contribution in [0.5, 0.6) is 0 Å². The smallest absolute Gasteiger partial charge is 0.332 e. The third kappa shape index (κ3) is 3.78. The molecule has 0 bridgehead atoms. The van der Waals surface area contributed by atoms with E-state index >= 15 is 0 Å². The fourth-order valence-electron chi connectivity index (χ4n) is 4.20. The molecule has 0 aliphatic carbocycles. The van der Waals surface area contributed by atoms with Gasteiger partial charge >= 0.3 is 5.69 Å². The lowest BCUT2D eigenvalue weighted by Crippen LogP contribution is -2.37. The number of anilines is 1. The summed E-state index contributed by atoms with van der Waals surface area (Å²) in [6.45, 7) is 0.864. The Hall–Kier alpha value is -3.49. The van der Waals surface area contributed by atoms with Crippen molar-refractivity contribution in [2.75, 3.05) is 11.9 Å². The van der Waals surface area contributed by atoms with E-state index in [4.69, 9.17) is 23.2 Å². The number of fused-ring (bicyclic) bond motifs is 2. The van der Waals surface area contributed by atoms with Crippen molar-refractivity contribution in [1.82, 2.24) is 23.7 Å². The van der Waals surface area contributed by atoms with E-state index < -0.39 is 11.2 Å². The lowest BCUT2D eigenvalue weighted by atomic mass is 10.1. The summed E-state index contributed by atoms with van der Waals surface area (Å²) in [5.41, 5.74) is 2.83. The van der Waals surface area contributed by atoms with Crippen LogP contribution in [0.4, 0.5) is 5.95 Å². The Morgan fingerprint density at radius 1 is 1.03 bits per heavy atom. The zero-order valence-corrected chi connectivity index (χ0v) is 20.1. The summed E-state index contributed by atoms with van der Waals surface area (Å²) in [5.74, 6) is 0.485. The van der Waals surface area contributed by atoms with Gasteiger partial charge in [-0.15, -0.1) is 0 Å². The molecule has 0 fully saturated rings. The van der Waals surface area contributed by atoms with E-state index in [2.05, 4.69) is 21.4 Å². The number of imidazole rings is 1. The SMILES string of the molecule is Cn1c(=O)c2c(nc(NCCc3c[nH]c4ccccc34)n2Cc2ccc(Cl)cc2Cl)n(C)c1=O. The van der Waals surface area contributed by atoms with Crippen LogP contribution in [0.1, 0.15) is 11.1 Å².